The van der Waals surface area contributed by atoms with Crippen LogP contribution < -0.4 is 15.4 Å². The van der Waals surface area contributed by atoms with Gasteiger partial charge in [0.25, 0.3) is 0 Å². The van der Waals surface area contributed by atoms with E-state index >= 15 is 0 Å². The Balaban J connectivity index is 0.000000349. The molecule has 6 rings (SSSR count). The number of carboxylic acids is 2. The van der Waals surface area contributed by atoms with Gasteiger partial charge in [-0.3, -0.25) is 4.79 Å². The number of aromatic nitrogens is 3. The van der Waals surface area contributed by atoms with Crippen molar-refractivity contribution in [3.63, 3.8) is 0 Å². The Bertz CT molecular complexity index is 1730. The van der Waals surface area contributed by atoms with Crippen molar-refractivity contribution >= 4 is 28.4 Å². The number of H-pyrrole nitrogens is 1. The number of carboxylic acid groups (broad SMARTS) is 2. The fourth-order valence-electron chi connectivity index (χ4n) is 5.59. The van der Waals surface area contributed by atoms with Crippen LogP contribution in [-0.2, 0) is 24.4 Å². The molecule has 0 spiro atoms. The Morgan fingerprint density at radius 1 is 0.979 bits per heavy atom. The van der Waals surface area contributed by atoms with E-state index in [4.69, 9.17) is 25.7 Å². The Hall–Kier alpha value is -5.00. The van der Waals surface area contributed by atoms with Crippen molar-refractivity contribution in [2.75, 3.05) is 11.9 Å². The molecule has 0 aliphatic heterocycles. The number of ether oxygens (including phenoxy) is 1. The fourth-order valence-corrected chi connectivity index (χ4v) is 6.39. The molecule has 5 aromatic rings. The van der Waals surface area contributed by atoms with Crippen LogP contribution in [0.25, 0.3) is 11.3 Å². The van der Waals surface area contributed by atoms with Crippen molar-refractivity contribution < 1.29 is 24.5 Å². The highest BCUT2D eigenvalue weighted by Gasteiger charge is 2.16. The molecular formula is C37H41N5O5S. The molecule has 1 aliphatic rings. The van der Waals surface area contributed by atoms with Gasteiger partial charge in [-0.15, -0.1) is 11.3 Å². The second kappa shape index (κ2) is 16.7. The summed E-state index contributed by atoms with van der Waals surface area (Å²) >= 11 is 1.59. The molecule has 0 bridgehead atoms. The summed E-state index contributed by atoms with van der Waals surface area (Å²) < 4.78 is 6.04. The van der Waals surface area contributed by atoms with E-state index in [1.54, 1.807) is 29.7 Å². The van der Waals surface area contributed by atoms with Crippen LogP contribution in [0, 0.1) is 0 Å². The zero-order chi connectivity index (χ0) is 33.9. The van der Waals surface area contributed by atoms with E-state index in [1.807, 2.05) is 43.4 Å². The van der Waals surface area contributed by atoms with Crippen LogP contribution in [0.3, 0.4) is 0 Å². The Morgan fingerprint density at radius 2 is 1.67 bits per heavy atom. The van der Waals surface area contributed by atoms with Gasteiger partial charge in [-0.1, -0.05) is 55.7 Å². The van der Waals surface area contributed by atoms with Gasteiger partial charge in [0, 0.05) is 37.2 Å². The number of thiazole rings is 1. The highest BCUT2D eigenvalue weighted by atomic mass is 32.1. The predicted molar refractivity (Wildman–Crippen MR) is 188 cm³/mol. The highest BCUT2D eigenvalue weighted by Crippen LogP contribution is 2.33. The maximum absolute atomic E-state index is 11.1. The van der Waals surface area contributed by atoms with Crippen molar-refractivity contribution in [2.24, 2.45) is 5.73 Å². The molecule has 10 nitrogen and oxygen atoms in total. The minimum Gasteiger partial charge on any atom is -0.489 e. The number of aromatic amines is 1. The first-order valence-electron chi connectivity index (χ1n) is 16.0. The number of anilines is 1. The zero-order valence-electron chi connectivity index (χ0n) is 26.9. The summed E-state index contributed by atoms with van der Waals surface area (Å²) in [5.41, 5.74) is 11.9. The molecule has 0 radical (unpaired) electrons. The molecule has 2 heterocycles. The van der Waals surface area contributed by atoms with Crippen LogP contribution in [0.5, 0.6) is 5.75 Å². The van der Waals surface area contributed by atoms with E-state index in [-0.39, 0.29) is 6.42 Å². The van der Waals surface area contributed by atoms with Crippen molar-refractivity contribution in [1.29, 1.82) is 0 Å². The van der Waals surface area contributed by atoms with Gasteiger partial charge in [-0.25, -0.2) is 14.8 Å². The average molecular weight is 668 g/mol. The summed E-state index contributed by atoms with van der Waals surface area (Å²) in [4.78, 5) is 34.7. The molecule has 0 unspecified atom stereocenters. The maximum Gasteiger partial charge on any atom is 0.335 e. The van der Waals surface area contributed by atoms with E-state index in [9.17, 15) is 9.59 Å². The molecule has 1 saturated carbocycles. The lowest BCUT2D eigenvalue weighted by Crippen LogP contribution is -2.32. The Kier molecular flexibility index (Phi) is 12.0. The molecule has 250 valence electrons. The molecule has 0 saturated heterocycles. The van der Waals surface area contributed by atoms with E-state index in [1.165, 1.54) is 49.6 Å². The molecule has 2 aromatic heterocycles. The van der Waals surface area contributed by atoms with Gasteiger partial charge < -0.3 is 30.6 Å². The molecule has 1 fully saturated rings. The largest absolute Gasteiger partial charge is 0.489 e. The van der Waals surface area contributed by atoms with E-state index < -0.39 is 18.0 Å². The molecule has 5 N–H and O–H groups in total. The first-order valence-corrected chi connectivity index (χ1v) is 16.9. The summed E-state index contributed by atoms with van der Waals surface area (Å²) in [5.74, 6) is -0.345. The molecule has 3 aromatic carbocycles. The van der Waals surface area contributed by atoms with Gasteiger partial charge in [0.2, 0.25) is 0 Å². The number of hydrogen-bond acceptors (Lipinski definition) is 8. The predicted octanol–water partition coefficient (Wildman–Crippen LogP) is 7.14. The first-order chi connectivity index (χ1) is 23.2. The summed E-state index contributed by atoms with van der Waals surface area (Å²) in [6.45, 7) is 1.21. The minimum absolute atomic E-state index is 0.263. The number of benzene rings is 3. The third-order valence-electron chi connectivity index (χ3n) is 8.35. The third kappa shape index (κ3) is 9.76. The lowest BCUT2D eigenvalue weighted by atomic mass is 9.84. The normalized spacial score (nSPS) is 13.6. The SMILES string of the molecule is CN(Cc1ccc(C(=O)O)cc1)c1nc(-c2ccc(OCc3ccc(C4CCCCC4)cc3)cc2)cs1.N[C@@H](Cc1c[nH]cn1)C(=O)O. The molecule has 48 heavy (non-hydrogen) atoms. The second-order valence-electron chi connectivity index (χ2n) is 12.0. The van der Waals surface area contributed by atoms with Crippen LogP contribution in [-0.4, -0.2) is 50.2 Å². The van der Waals surface area contributed by atoms with Crippen molar-refractivity contribution in [3.8, 4) is 17.0 Å². The Morgan fingerprint density at radius 3 is 2.29 bits per heavy atom. The first kappa shape index (κ1) is 34.3. The van der Waals surface area contributed by atoms with Gasteiger partial charge in [0.15, 0.2) is 5.13 Å². The van der Waals surface area contributed by atoms with Gasteiger partial charge in [-0.2, -0.15) is 0 Å². The molecule has 1 atom stereocenters. The standard InChI is InChI=1S/C31H32N2O3S.C6H9N3O2/c1-33(19-22-7-13-27(14-8-22)30(34)35)31-32-29(21-37-31)26-15-17-28(18-16-26)36-20-23-9-11-25(12-10-23)24-5-3-2-4-6-24;7-5(6(10)11)1-4-2-8-3-9-4/h7-18,21,24H,2-6,19-20H2,1H3,(H,34,35);2-3,5H,1,7H2,(H,8,9)(H,10,11)/t;5-/m.0/s1. The van der Waals surface area contributed by atoms with Gasteiger partial charge >= 0.3 is 11.9 Å². The van der Waals surface area contributed by atoms with Crippen LogP contribution in [0.4, 0.5) is 5.13 Å². The summed E-state index contributed by atoms with van der Waals surface area (Å²) in [7, 11) is 1.99. The number of nitrogens with zero attached hydrogens (tertiary/aromatic N) is 3. The summed E-state index contributed by atoms with van der Waals surface area (Å²) in [5, 5.41) is 20.5. The van der Waals surface area contributed by atoms with Gasteiger partial charge in [-0.05, 0) is 71.8 Å². The van der Waals surface area contributed by atoms with E-state index in [2.05, 4.69) is 44.5 Å². The van der Waals surface area contributed by atoms with Crippen LogP contribution in [0.1, 0.15) is 70.8 Å². The lowest BCUT2D eigenvalue weighted by molar-refractivity contribution is -0.138. The van der Waals surface area contributed by atoms with Crippen molar-refractivity contribution in [3.05, 3.63) is 119 Å². The fraction of sp³-hybridized carbons (Fsp3) is 0.297. The molecule has 11 heteroatoms. The smallest absolute Gasteiger partial charge is 0.335 e. The van der Waals surface area contributed by atoms with Gasteiger partial charge in [0.05, 0.1) is 23.3 Å². The van der Waals surface area contributed by atoms with Crippen LogP contribution >= 0.6 is 11.3 Å². The monoisotopic (exact) mass is 667 g/mol. The quantitative estimate of drug-likeness (QED) is 0.109. The molecule has 0 amide bonds. The number of nitrogens with two attached hydrogens (primary N) is 1. The van der Waals surface area contributed by atoms with E-state index in [0.29, 0.717) is 24.4 Å². The number of carbonyl (C=O) groups is 2. The molecule has 1 aliphatic carbocycles. The van der Waals surface area contributed by atoms with Gasteiger partial charge in [0.1, 0.15) is 18.4 Å². The number of aromatic carboxylic acids is 1. The minimum atomic E-state index is -1.01. The summed E-state index contributed by atoms with van der Waals surface area (Å²) in [6, 6.07) is 23.1. The number of hydrogen-bond donors (Lipinski definition) is 4. The number of aliphatic carboxylic acids is 1. The highest BCUT2D eigenvalue weighted by molar-refractivity contribution is 7.14. The average Bonchev–Trinajstić information content (AvgIpc) is 3.82. The zero-order valence-corrected chi connectivity index (χ0v) is 27.7. The summed E-state index contributed by atoms with van der Waals surface area (Å²) in [6.07, 6.45) is 10.1. The number of nitrogens with one attached hydrogen (secondary N) is 1. The number of imidazole rings is 1. The molecular weight excluding hydrogens is 627 g/mol. The second-order valence-corrected chi connectivity index (χ2v) is 12.8. The Labute approximate surface area is 284 Å². The number of rotatable bonds is 12. The third-order valence-corrected chi connectivity index (χ3v) is 9.31. The maximum atomic E-state index is 11.1. The van der Waals surface area contributed by atoms with E-state index in [0.717, 1.165) is 33.6 Å². The van der Waals surface area contributed by atoms with Crippen LogP contribution in [0.2, 0.25) is 0 Å². The van der Waals surface area contributed by atoms with Crippen molar-refractivity contribution in [1.82, 2.24) is 15.0 Å². The lowest BCUT2D eigenvalue weighted by Gasteiger charge is -2.22. The topological polar surface area (TPSA) is 155 Å². The van der Waals surface area contributed by atoms with Crippen molar-refractivity contribution in [2.45, 2.75) is 63.6 Å². The van der Waals surface area contributed by atoms with Crippen LogP contribution in [0.15, 0.2) is 90.7 Å².